The van der Waals surface area contributed by atoms with Gasteiger partial charge >= 0.3 is 11.7 Å². The van der Waals surface area contributed by atoms with Crippen molar-refractivity contribution >= 4 is 12.3 Å². The van der Waals surface area contributed by atoms with Gasteiger partial charge in [-0.2, -0.15) is 4.79 Å². The first kappa shape index (κ1) is 30.1. The van der Waals surface area contributed by atoms with Crippen LogP contribution < -0.4 is 57.3 Å². The van der Waals surface area contributed by atoms with Gasteiger partial charge in [0.2, 0.25) is 0 Å². The predicted octanol–water partition coefficient (Wildman–Crippen LogP) is -6.05. The fraction of sp³-hybridized carbons (Fsp3) is 0.529. The highest BCUT2D eigenvalue weighted by atomic mass is 127. The minimum Gasteiger partial charge on any atom is -1.00 e. The normalized spacial score (nSPS) is 12.1. The van der Waals surface area contributed by atoms with E-state index in [0.717, 1.165) is 19.4 Å². The van der Waals surface area contributed by atoms with Crippen LogP contribution in [0.2, 0.25) is 0 Å². The third kappa shape index (κ3) is 15.2. The van der Waals surface area contributed by atoms with Gasteiger partial charge in [-0.1, -0.05) is 0 Å². The lowest BCUT2D eigenvalue weighted by molar-refractivity contribution is -0.690. The maximum atomic E-state index is 10.9. The number of hydrogen-bond acceptors (Lipinski definition) is 4. The lowest BCUT2D eigenvalue weighted by atomic mass is 10.1. The SMILES string of the molecule is CNC(=O)NC.Cn1ccc[n+](C)c1=O.O=C/C=C/N1CCCCC1.[Cl-].[I-]. The van der Waals surface area contributed by atoms with E-state index < -0.39 is 0 Å². The zero-order chi connectivity index (χ0) is 19.1. The van der Waals surface area contributed by atoms with Gasteiger partial charge in [0.15, 0.2) is 0 Å². The standard InChI is InChI=1S/C8H13NO.C6H9N2O.C3H8N2O.ClH.HI/c10-8-4-7-9-5-2-1-3-6-9;1-7-4-3-5-8(2)6(7)9;1-4-3(6)5-2;;/h4,7-8H,1-3,5-6H2;3-5H,1-2H3;1-2H3,(H2,4,5,6);2*1H/q;+1;;;/p-2/b7-4+;;;;. The molecule has 27 heavy (non-hydrogen) atoms. The summed E-state index contributed by atoms with van der Waals surface area (Å²) in [5.74, 6) is 0. The molecule has 1 aliphatic rings. The summed E-state index contributed by atoms with van der Waals surface area (Å²) in [7, 11) is 6.59. The summed E-state index contributed by atoms with van der Waals surface area (Å²) in [6.07, 6.45) is 11.6. The average Bonchev–Trinajstić information content (AvgIpc) is 2.65. The molecule has 0 saturated carbocycles. The number of nitrogens with zero attached hydrogens (tertiary/aromatic N) is 3. The number of aldehydes is 1. The summed E-state index contributed by atoms with van der Waals surface area (Å²) in [6.45, 7) is 2.23. The number of likely N-dealkylation sites (tertiary alicyclic amines) is 1. The molecule has 8 nitrogen and oxygen atoms in total. The number of piperidine rings is 1. The molecule has 2 amide bonds. The van der Waals surface area contributed by atoms with Crippen molar-refractivity contribution in [3.05, 3.63) is 41.2 Å². The van der Waals surface area contributed by atoms with Crippen LogP contribution in [0.15, 0.2) is 35.5 Å². The van der Waals surface area contributed by atoms with Gasteiger partial charge in [-0.15, -0.1) is 0 Å². The van der Waals surface area contributed by atoms with Crippen molar-refractivity contribution in [2.45, 2.75) is 19.3 Å². The molecule has 1 fully saturated rings. The number of carbonyl (C=O) groups excluding carboxylic acids is 2. The van der Waals surface area contributed by atoms with E-state index in [9.17, 15) is 14.4 Å². The molecule has 2 rings (SSSR count). The van der Waals surface area contributed by atoms with Crippen LogP contribution in [0, 0.1) is 0 Å². The molecule has 1 aromatic rings. The Bertz CT molecular complexity index is 575. The second-order valence-corrected chi connectivity index (χ2v) is 5.40. The van der Waals surface area contributed by atoms with Crippen molar-refractivity contribution in [3.8, 4) is 0 Å². The number of urea groups is 1. The van der Waals surface area contributed by atoms with E-state index in [-0.39, 0.29) is 48.1 Å². The molecule has 0 unspecified atom stereocenters. The zero-order valence-electron chi connectivity index (χ0n) is 16.3. The number of rotatable bonds is 2. The number of halogens is 2. The Morgan fingerprint density at radius 1 is 1.19 bits per heavy atom. The van der Waals surface area contributed by atoms with Gasteiger partial charge < -0.3 is 51.9 Å². The maximum absolute atomic E-state index is 10.9. The number of nitrogens with one attached hydrogen (secondary N) is 2. The third-order valence-corrected chi connectivity index (χ3v) is 3.44. The van der Waals surface area contributed by atoms with Crippen LogP contribution in [0.3, 0.4) is 0 Å². The van der Waals surface area contributed by atoms with Crippen molar-refractivity contribution in [1.29, 1.82) is 0 Å². The third-order valence-electron chi connectivity index (χ3n) is 3.44. The Morgan fingerprint density at radius 2 is 1.74 bits per heavy atom. The molecule has 10 heteroatoms. The summed E-state index contributed by atoms with van der Waals surface area (Å²) < 4.78 is 3.06. The largest absolute Gasteiger partial charge is 1.00 e. The van der Waals surface area contributed by atoms with Gasteiger partial charge in [0.1, 0.15) is 6.29 Å². The van der Waals surface area contributed by atoms with E-state index in [2.05, 4.69) is 15.5 Å². The van der Waals surface area contributed by atoms with Crippen LogP contribution in [0.25, 0.3) is 0 Å². The number of aromatic nitrogens is 2. The maximum Gasteiger partial charge on any atom is 0.497 e. The fourth-order valence-electron chi connectivity index (χ4n) is 2.02. The number of allylic oxidation sites excluding steroid dienone is 1. The smallest absolute Gasteiger partial charge is 0.497 e. The molecule has 2 N–H and O–H groups in total. The molecule has 0 aromatic carbocycles. The van der Waals surface area contributed by atoms with E-state index in [0.29, 0.717) is 0 Å². The molecule has 0 radical (unpaired) electrons. The molecule has 0 aliphatic carbocycles. The number of carbonyl (C=O) groups is 2. The van der Waals surface area contributed by atoms with Gasteiger partial charge in [0, 0.05) is 39.5 Å². The molecule has 0 bridgehead atoms. The van der Waals surface area contributed by atoms with Crippen LogP contribution in [0.5, 0.6) is 0 Å². The molecular weight excluding hydrogens is 485 g/mol. The molecular formula is C17H30ClIN5O3-. The quantitative estimate of drug-likeness (QED) is 0.178. The van der Waals surface area contributed by atoms with Gasteiger partial charge in [0.05, 0.1) is 26.5 Å². The second kappa shape index (κ2) is 19.2. The second-order valence-electron chi connectivity index (χ2n) is 5.40. The Kier molecular flexibility index (Phi) is 21.4. The fourth-order valence-corrected chi connectivity index (χ4v) is 2.02. The first-order valence-electron chi connectivity index (χ1n) is 8.23. The molecule has 2 heterocycles. The van der Waals surface area contributed by atoms with Crippen LogP contribution in [0.4, 0.5) is 4.79 Å². The average molecular weight is 515 g/mol. The van der Waals surface area contributed by atoms with Crippen molar-refractivity contribution in [2.24, 2.45) is 14.1 Å². The van der Waals surface area contributed by atoms with Crippen LogP contribution in [-0.2, 0) is 18.9 Å². The molecule has 1 aromatic heterocycles. The Balaban J connectivity index is -0.000000318. The predicted molar refractivity (Wildman–Crippen MR) is 97.0 cm³/mol. The van der Waals surface area contributed by atoms with Crippen molar-refractivity contribution in [3.63, 3.8) is 0 Å². The summed E-state index contributed by atoms with van der Waals surface area (Å²) in [4.78, 5) is 33.0. The Hall–Kier alpha value is -1.62. The molecule has 1 saturated heterocycles. The van der Waals surface area contributed by atoms with Crippen molar-refractivity contribution < 1.29 is 50.5 Å². The summed E-state index contributed by atoms with van der Waals surface area (Å²) in [5.41, 5.74) is -0.00231. The van der Waals surface area contributed by atoms with E-state index in [1.807, 2.05) is 12.3 Å². The highest BCUT2D eigenvalue weighted by molar-refractivity contribution is 5.72. The summed E-state index contributed by atoms with van der Waals surface area (Å²) in [5, 5.41) is 4.73. The Labute approximate surface area is 184 Å². The first-order chi connectivity index (χ1) is 12.0. The summed E-state index contributed by atoms with van der Waals surface area (Å²) >= 11 is 0. The van der Waals surface area contributed by atoms with Crippen molar-refractivity contribution in [2.75, 3.05) is 27.2 Å². The van der Waals surface area contributed by atoms with E-state index in [1.165, 1.54) is 28.4 Å². The number of hydrogen-bond donors (Lipinski definition) is 2. The molecule has 0 spiro atoms. The van der Waals surface area contributed by atoms with Gasteiger partial charge in [0.25, 0.3) is 0 Å². The Morgan fingerprint density at radius 3 is 2.11 bits per heavy atom. The van der Waals surface area contributed by atoms with E-state index in [1.54, 1.807) is 46.7 Å². The van der Waals surface area contributed by atoms with Crippen LogP contribution in [0.1, 0.15) is 19.3 Å². The van der Waals surface area contributed by atoms with E-state index >= 15 is 0 Å². The molecule has 0 atom stereocenters. The zero-order valence-corrected chi connectivity index (χ0v) is 19.2. The first-order valence-corrected chi connectivity index (χ1v) is 8.23. The van der Waals surface area contributed by atoms with E-state index in [4.69, 9.17) is 0 Å². The lowest BCUT2D eigenvalue weighted by Crippen LogP contribution is -3.00. The highest BCUT2D eigenvalue weighted by Crippen LogP contribution is 2.07. The van der Waals surface area contributed by atoms with Gasteiger partial charge in [-0.25, -0.2) is 13.9 Å². The minimum atomic E-state index is -0.157. The molecule has 1 aliphatic heterocycles. The lowest BCUT2D eigenvalue weighted by Gasteiger charge is -2.24. The number of amides is 2. The van der Waals surface area contributed by atoms with Crippen LogP contribution >= 0.6 is 0 Å². The van der Waals surface area contributed by atoms with Gasteiger partial charge in [-0.3, -0.25) is 4.79 Å². The number of aryl methyl sites for hydroxylation is 2. The monoisotopic (exact) mass is 514 g/mol. The highest BCUT2D eigenvalue weighted by Gasteiger charge is 2.04. The van der Waals surface area contributed by atoms with Gasteiger partial charge in [-0.05, 0) is 25.3 Å². The summed E-state index contributed by atoms with van der Waals surface area (Å²) in [6, 6.07) is 1.66. The van der Waals surface area contributed by atoms with Crippen LogP contribution in [-0.4, -0.2) is 49.0 Å². The molecule has 156 valence electrons. The van der Waals surface area contributed by atoms with Crippen molar-refractivity contribution in [1.82, 2.24) is 20.1 Å². The minimum absolute atomic E-state index is 0. The topological polar surface area (TPSA) is 87.3 Å².